The van der Waals surface area contributed by atoms with Crippen LogP contribution in [0.15, 0.2) is 35.7 Å². The molecule has 2 aromatic rings. The topological polar surface area (TPSA) is 76.7 Å². The largest absolute Gasteiger partial charge is 0.493 e. The van der Waals surface area contributed by atoms with E-state index < -0.39 is 18.4 Å². The van der Waals surface area contributed by atoms with Gasteiger partial charge in [0.2, 0.25) is 0 Å². The van der Waals surface area contributed by atoms with E-state index in [1.54, 1.807) is 17.5 Å². The van der Waals surface area contributed by atoms with Gasteiger partial charge >= 0.3 is 6.61 Å². The number of ether oxygens (including phenoxy) is 2. The first-order chi connectivity index (χ1) is 11.0. The van der Waals surface area contributed by atoms with Crippen LogP contribution in [0.3, 0.4) is 0 Å². The molecule has 0 aliphatic heterocycles. The Morgan fingerprint density at radius 1 is 1.13 bits per heavy atom. The number of rotatable bonds is 5. The summed E-state index contributed by atoms with van der Waals surface area (Å²) >= 11 is 1.21. The summed E-state index contributed by atoms with van der Waals surface area (Å²) in [5.41, 5.74) is 4.43. The van der Waals surface area contributed by atoms with Crippen LogP contribution in [-0.4, -0.2) is 25.5 Å². The molecule has 122 valence electrons. The van der Waals surface area contributed by atoms with E-state index in [4.69, 9.17) is 4.74 Å². The van der Waals surface area contributed by atoms with E-state index in [1.807, 2.05) is 0 Å². The average Bonchev–Trinajstić information content (AvgIpc) is 3.06. The number of amides is 2. The summed E-state index contributed by atoms with van der Waals surface area (Å²) in [6.45, 7) is -3.05. The molecule has 1 aromatic heterocycles. The number of nitrogens with one attached hydrogen (secondary N) is 2. The van der Waals surface area contributed by atoms with Gasteiger partial charge in [0.05, 0.1) is 12.0 Å². The molecule has 2 rings (SSSR count). The lowest BCUT2D eigenvalue weighted by atomic mass is 10.2. The van der Waals surface area contributed by atoms with Crippen molar-refractivity contribution in [3.05, 3.63) is 46.2 Å². The fourth-order valence-corrected chi connectivity index (χ4v) is 2.28. The summed E-state index contributed by atoms with van der Waals surface area (Å²) in [6.07, 6.45) is 0. The van der Waals surface area contributed by atoms with Crippen molar-refractivity contribution in [2.24, 2.45) is 0 Å². The third-order valence-corrected chi connectivity index (χ3v) is 3.55. The zero-order chi connectivity index (χ0) is 16.8. The van der Waals surface area contributed by atoms with Crippen LogP contribution in [-0.2, 0) is 0 Å². The fraction of sp³-hybridized carbons (Fsp3) is 0.143. The Morgan fingerprint density at radius 3 is 2.48 bits per heavy atom. The van der Waals surface area contributed by atoms with Crippen molar-refractivity contribution < 1.29 is 27.8 Å². The van der Waals surface area contributed by atoms with Crippen LogP contribution in [0.5, 0.6) is 11.5 Å². The monoisotopic (exact) mass is 342 g/mol. The minimum atomic E-state index is -3.05. The van der Waals surface area contributed by atoms with Gasteiger partial charge in [-0.2, -0.15) is 8.78 Å². The van der Waals surface area contributed by atoms with Gasteiger partial charge in [0, 0.05) is 5.56 Å². The van der Waals surface area contributed by atoms with Crippen molar-refractivity contribution in [1.82, 2.24) is 10.9 Å². The molecule has 0 aliphatic carbocycles. The van der Waals surface area contributed by atoms with E-state index in [-0.39, 0.29) is 17.1 Å². The molecular weight excluding hydrogens is 330 g/mol. The van der Waals surface area contributed by atoms with Crippen LogP contribution in [0.2, 0.25) is 0 Å². The van der Waals surface area contributed by atoms with Gasteiger partial charge in [0.15, 0.2) is 11.5 Å². The summed E-state index contributed by atoms with van der Waals surface area (Å²) in [6, 6.07) is 7.04. The van der Waals surface area contributed by atoms with Gasteiger partial charge in [-0.3, -0.25) is 20.4 Å². The first kappa shape index (κ1) is 16.7. The molecule has 0 unspecified atom stereocenters. The molecule has 0 saturated heterocycles. The van der Waals surface area contributed by atoms with E-state index >= 15 is 0 Å². The van der Waals surface area contributed by atoms with Crippen LogP contribution in [0, 0.1) is 0 Å². The molecule has 6 nitrogen and oxygen atoms in total. The highest BCUT2D eigenvalue weighted by Crippen LogP contribution is 2.29. The van der Waals surface area contributed by atoms with Crippen molar-refractivity contribution >= 4 is 23.2 Å². The van der Waals surface area contributed by atoms with Crippen molar-refractivity contribution in [3.8, 4) is 11.5 Å². The molecule has 1 heterocycles. The molecule has 23 heavy (non-hydrogen) atoms. The van der Waals surface area contributed by atoms with Gasteiger partial charge in [0.25, 0.3) is 11.8 Å². The molecule has 0 saturated carbocycles. The number of benzene rings is 1. The predicted octanol–water partition coefficient (Wildman–Crippen LogP) is 2.43. The standard InChI is InChI=1S/C14H12F2N2O4S/c1-21-9-5-4-8(7-10(9)22-14(15)16)12(19)17-18-13(20)11-3-2-6-23-11/h2-7,14H,1H3,(H,17,19)(H,18,20). The Bertz CT molecular complexity index is 692. The number of hydrazine groups is 1. The van der Waals surface area contributed by atoms with E-state index in [2.05, 4.69) is 15.6 Å². The van der Waals surface area contributed by atoms with Crippen LogP contribution >= 0.6 is 11.3 Å². The van der Waals surface area contributed by atoms with Crippen molar-refractivity contribution in [1.29, 1.82) is 0 Å². The first-order valence-electron chi connectivity index (χ1n) is 6.28. The second kappa shape index (κ2) is 7.54. The first-order valence-corrected chi connectivity index (χ1v) is 7.16. The number of halogens is 2. The summed E-state index contributed by atoms with van der Waals surface area (Å²) in [5, 5.41) is 1.72. The molecule has 0 fully saturated rings. The van der Waals surface area contributed by atoms with Gasteiger partial charge in [-0.25, -0.2) is 0 Å². The molecule has 2 amide bonds. The maximum Gasteiger partial charge on any atom is 0.387 e. The SMILES string of the molecule is COc1ccc(C(=O)NNC(=O)c2cccs2)cc1OC(F)F. The number of methoxy groups -OCH3 is 1. The highest BCUT2D eigenvalue weighted by atomic mass is 32.1. The minimum Gasteiger partial charge on any atom is -0.493 e. The van der Waals surface area contributed by atoms with Crippen molar-refractivity contribution in [2.45, 2.75) is 6.61 Å². The van der Waals surface area contributed by atoms with Crippen LogP contribution in [0.4, 0.5) is 8.78 Å². The Kier molecular flexibility index (Phi) is 5.47. The van der Waals surface area contributed by atoms with Crippen LogP contribution < -0.4 is 20.3 Å². The Labute approximate surface area is 134 Å². The van der Waals surface area contributed by atoms with Crippen molar-refractivity contribution in [2.75, 3.05) is 7.11 Å². The number of hydrogen-bond acceptors (Lipinski definition) is 5. The molecular formula is C14H12F2N2O4S. The lowest BCUT2D eigenvalue weighted by molar-refractivity contribution is -0.0512. The predicted molar refractivity (Wildman–Crippen MR) is 78.9 cm³/mol. The maximum atomic E-state index is 12.3. The summed E-state index contributed by atoms with van der Waals surface area (Å²) in [4.78, 5) is 24.1. The lowest BCUT2D eigenvalue weighted by Crippen LogP contribution is -2.41. The Hall–Kier alpha value is -2.68. The molecule has 0 spiro atoms. The molecule has 0 aliphatic rings. The smallest absolute Gasteiger partial charge is 0.387 e. The normalized spacial score (nSPS) is 10.3. The average molecular weight is 342 g/mol. The quantitative estimate of drug-likeness (QED) is 0.818. The molecule has 9 heteroatoms. The third-order valence-electron chi connectivity index (χ3n) is 2.68. The lowest BCUT2D eigenvalue weighted by Gasteiger charge is -2.12. The van der Waals surface area contributed by atoms with Crippen LogP contribution in [0.1, 0.15) is 20.0 Å². The van der Waals surface area contributed by atoms with Gasteiger partial charge in [-0.15, -0.1) is 11.3 Å². The third kappa shape index (κ3) is 4.39. The number of alkyl halides is 2. The molecule has 0 radical (unpaired) electrons. The zero-order valence-corrected chi connectivity index (χ0v) is 12.7. The highest BCUT2D eigenvalue weighted by molar-refractivity contribution is 7.12. The number of carbonyl (C=O) groups is 2. The van der Waals surface area contributed by atoms with Gasteiger partial charge in [0.1, 0.15) is 0 Å². The van der Waals surface area contributed by atoms with E-state index in [9.17, 15) is 18.4 Å². The second-order valence-electron chi connectivity index (χ2n) is 4.13. The molecule has 2 N–H and O–H groups in total. The molecule has 0 bridgehead atoms. The second-order valence-corrected chi connectivity index (χ2v) is 5.08. The van der Waals surface area contributed by atoms with E-state index in [0.29, 0.717) is 4.88 Å². The Morgan fingerprint density at radius 2 is 1.87 bits per heavy atom. The summed E-state index contributed by atoms with van der Waals surface area (Å²) in [5.74, 6) is -1.38. The zero-order valence-electron chi connectivity index (χ0n) is 11.8. The maximum absolute atomic E-state index is 12.3. The summed E-state index contributed by atoms with van der Waals surface area (Å²) < 4.78 is 33.9. The van der Waals surface area contributed by atoms with E-state index in [1.165, 1.54) is 30.6 Å². The fourth-order valence-electron chi connectivity index (χ4n) is 1.66. The molecule has 0 atom stereocenters. The van der Waals surface area contributed by atoms with Gasteiger partial charge in [-0.1, -0.05) is 6.07 Å². The summed E-state index contributed by atoms with van der Waals surface area (Å²) in [7, 11) is 1.29. The van der Waals surface area contributed by atoms with Crippen LogP contribution in [0.25, 0.3) is 0 Å². The highest BCUT2D eigenvalue weighted by Gasteiger charge is 2.15. The van der Waals surface area contributed by atoms with Crippen molar-refractivity contribution in [3.63, 3.8) is 0 Å². The molecule has 1 aromatic carbocycles. The number of carbonyl (C=O) groups excluding carboxylic acids is 2. The van der Waals surface area contributed by atoms with Gasteiger partial charge in [-0.05, 0) is 29.6 Å². The number of hydrogen-bond donors (Lipinski definition) is 2. The number of thiophene rings is 1. The van der Waals surface area contributed by atoms with E-state index in [0.717, 1.165) is 6.07 Å². The minimum absolute atomic E-state index is 0.0212. The van der Waals surface area contributed by atoms with Gasteiger partial charge < -0.3 is 9.47 Å². The Balaban J connectivity index is 2.05.